The summed E-state index contributed by atoms with van der Waals surface area (Å²) in [5.74, 6) is 0. The van der Waals surface area contributed by atoms with Gasteiger partial charge in [0.15, 0.2) is 0 Å². The van der Waals surface area contributed by atoms with E-state index in [0.717, 1.165) is 5.69 Å². The van der Waals surface area contributed by atoms with Crippen LogP contribution in [-0.2, 0) is 7.05 Å². The van der Waals surface area contributed by atoms with E-state index < -0.39 is 0 Å². The van der Waals surface area contributed by atoms with Crippen LogP contribution in [0.3, 0.4) is 0 Å². The Morgan fingerprint density at radius 1 is 0.520 bits per heavy atom. The largest absolute Gasteiger partial charge is 0.267 e. The summed E-state index contributed by atoms with van der Waals surface area (Å²) >= 11 is 0. The summed E-state index contributed by atoms with van der Waals surface area (Å²) in [5.41, 5.74) is 16.3. The molecule has 0 bridgehead atoms. The molecule has 0 aliphatic heterocycles. The van der Waals surface area contributed by atoms with E-state index in [1.807, 2.05) is 0 Å². The van der Waals surface area contributed by atoms with Crippen LogP contribution in [0.25, 0.3) is 22.0 Å². The highest BCUT2D eigenvalue weighted by atomic mass is 15.3. The Kier molecular flexibility index (Phi) is 4.06. The molecule has 0 aliphatic carbocycles. The predicted molar refractivity (Wildman–Crippen MR) is 109 cm³/mol. The maximum absolute atomic E-state index is 4.76. The molecule has 2 heteroatoms. The van der Waals surface area contributed by atoms with E-state index in [1.165, 1.54) is 66.5 Å². The average molecular weight is 335 g/mol. The fraction of sp³-hybridized carbons (Fsp3) is 0.435. The molecule has 0 atom stereocenters. The molecule has 25 heavy (non-hydrogen) atoms. The Balaban J connectivity index is 2.64. The van der Waals surface area contributed by atoms with Crippen molar-refractivity contribution in [1.82, 2.24) is 9.78 Å². The van der Waals surface area contributed by atoms with Gasteiger partial charge in [-0.15, -0.1) is 0 Å². The van der Waals surface area contributed by atoms with E-state index >= 15 is 0 Å². The molecule has 2 aromatic carbocycles. The zero-order valence-electron chi connectivity index (χ0n) is 17.4. The smallest absolute Gasteiger partial charge is 0.0720 e. The van der Waals surface area contributed by atoms with Crippen molar-refractivity contribution in [2.24, 2.45) is 7.05 Å². The molecular formula is C23H30N2. The van der Waals surface area contributed by atoms with E-state index in [9.17, 15) is 0 Å². The van der Waals surface area contributed by atoms with Gasteiger partial charge in [-0.1, -0.05) is 0 Å². The Hall–Kier alpha value is -2.09. The number of aromatic nitrogens is 2. The van der Waals surface area contributed by atoms with E-state index in [-0.39, 0.29) is 0 Å². The van der Waals surface area contributed by atoms with Crippen LogP contribution >= 0.6 is 0 Å². The maximum atomic E-state index is 4.76. The third-order valence-electron chi connectivity index (χ3n) is 6.58. The number of benzene rings is 2. The first kappa shape index (κ1) is 17.7. The topological polar surface area (TPSA) is 17.8 Å². The Bertz CT molecular complexity index is 1000. The highest BCUT2D eigenvalue weighted by molar-refractivity contribution is 6.02. The molecule has 0 fully saturated rings. The van der Waals surface area contributed by atoms with Crippen molar-refractivity contribution < 1.29 is 0 Å². The lowest BCUT2D eigenvalue weighted by atomic mass is 9.81. The number of fused-ring (bicyclic) bond motifs is 1. The minimum absolute atomic E-state index is 1.12. The summed E-state index contributed by atoms with van der Waals surface area (Å²) in [5, 5.41) is 6.07. The lowest BCUT2D eigenvalue weighted by molar-refractivity contribution is 0.781. The van der Waals surface area contributed by atoms with Crippen molar-refractivity contribution >= 4 is 10.9 Å². The van der Waals surface area contributed by atoms with Crippen LogP contribution in [-0.4, -0.2) is 9.78 Å². The molecule has 1 heterocycles. The van der Waals surface area contributed by atoms with Crippen molar-refractivity contribution in [1.29, 1.82) is 0 Å². The molecule has 2 nitrogen and oxygen atoms in total. The summed E-state index contributed by atoms with van der Waals surface area (Å²) in [7, 11) is 2.06. The van der Waals surface area contributed by atoms with Gasteiger partial charge in [-0.3, -0.25) is 4.68 Å². The lowest BCUT2D eigenvalue weighted by Gasteiger charge is -2.23. The van der Waals surface area contributed by atoms with Crippen LogP contribution in [0, 0.1) is 62.3 Å². The maximum Gasteiger partial charge on any atom is 0.0720 e. The van der Waals surface area contributed by atoms with Gasteiger partial charge in [0, 0.05) is 12.4 Å². The average Bonchev–Trinajstić information content (AvgIpc) is 2.86. The van der Waals surface area contributed by atoms with Crippen LogP contribution in [0.15, 0.2) is 0 Å². The lowest BCUT2D eigenvalue weighted by Crippen LogP contribution is -2.03. The molecule has 0 saturated carbocycles. The summed E-state index contributed by atoms with van der Waals surface area (Å²) in [6.45, 7) is 20.2. The van der Waals surface area contributed by atoms with Crippen molar-refractivity contribution in [2.45, 2.75) is 62.3 Å². The second-order valence-corrected chi connectivity index (χ2v) is 7.68. The van der Waals surface area contributed by atoms with Crippen LogP contribution in [0.4, 0.5) is 0 Å². The third-order valence-corrected chi connectivity index (χ3v) is 6.58. The highest BCUT2D eigenvalue weighted by Crippen LogP contribution is 2.42. The first-order valence-electron chi connectivity index (χ1n) is 9.09. The molecule has 0 N–H and O–H groups in total. The summed E-state index contributed by atoms with van der Waals surface area (Å²) < 4.78 is 2.05. The highest BCUT2D eigenvalue weighted by Gasteiger charge is 2.23. The fourth-order valence-corrected chi connectivity index (χ4v) is 4.41. The van der Waals surface area contributed by atoms with Gasteiger partial charge in [-0.05, 0) is 118 Å². The molecule has 0 amide bonds. The molecular weight excluding hydrogens is 304 g/mol. The Morgan fingerprint density at radius 2 is 0.920 bits per heavy atom. The van der Waals surface area contributed by atoms with Crippen molar-refractivity contribution in [3.63, 3.8) is 0 Å². The molecule has 0 radical (unpaired) electrons. The number of rotatable bonds is 1. The molecule has 1 aromatic heterocycles. The van der Waals surface area contributed by atoms with E-state index in [1.54, 1.807) is 0 Å². The van der Waals surface area contributed by atoms with Gasteiger partial charge in [0.2, 0.25) is 0 Å². The van der Waals surface area contributed by atoms with Crippen molar-refractivity contribution in [3.05, 3.63) is 50.2 Å². The van der Waals surface area contributed by atoms with Gasteiger partial charge in [0.1, 0.15) is 0 Å². The zero-order chi connectivity index (χ0) is 18.8. The first-order chi connectivity index (χ1) is 11.6. The van der Waals surface area contributed by atoms with Gasteiger partial charge in [-0.25, -0.2) is 0 Å². The standard InChI is InChI=1S/C23H30N2/c1-11-12(2)15(5)20(16(6)13(11)3)21-17(7)14(4)18(8)23-22(21)19(9)24-25(23)10/h1-10H3. The predicted octanol–water partition coefficient (Wildman–Crippen LogP) is 6.02. The number of aryl methyl sites for hydroxylation is 3. The molecule has 132 valence electrons. The Morgan fingerprint density at radius 3 is 1.44 bits per heavy atom. The SMILES string of the molecule is Cc1c(C)c(C)c(-c2c(C)c(C)c(C)c3c2c(C)nn3C)c(C)c1C. The molecule has 0 spiro atoms. The Labute approximate surface area is 151 Å². The minimum Gasteiger partial charge on any atom is -0.267 e. The zero-order valence-corrected chi connectivity index (χ0v) is 17.4. The first-order valence-corrected chi connectivity index (χ1v) is 9.09. The third kappa shape index (κ3) is 2.27. The van der Waals surface area contributed by atoms with Crippen LogP contribution in [0.1, 0.15) is 50.2 Å². The summed E-state index contributed by atoms with van der Waals surface area (Å²) in [6, 6.07) is 0. The van der Waals surface area contributed by atoms with Crippen molar-refractivity contribution in [2.75, 3.05) is 0 Å². The van der Waals surface area contributed by atoms with E-state index in [4.69, 9.17) is 5.10 Å². The van der Waals surface area contributed by atoms with E-state index in [0.29, 0.717) is 0 Å². The minimum atomic E-state index is 1.12. The van der Waals surface area contributed by atoms with Crippen LogP contribution in [0.5, 0.6) is 0 Å². The van der Waals surface area contributed by atoms with Gasteiger partial charge >= 0.3 is 0 Å². The monoisotopic (exact) mass is 334 g/mol. The molecule has 3 rings (SSSR count). The summed E-state index contributed by atoms with van der Waals surface area (Å²) in [6.07, 6.45) is 0. The molecule has 0 aliphatic rings. The molecule has 3 aromatic rings. The van der Waals surface area contributed by atoms with Crippen molar-refractivity contribution in [3.8, 4) is 11.1 Å². The van der Waals surface area contributed by atoms with E-state index in [2.05, 4.69) is 74.0 Å². The van der Waals surface area contributed by atoms with Gasteiger partial charge in [0.05, 0.1) is 11.2 Å². The molecule has 0 saturated heterocycles. The number of nitrogens with zero attached hydrogens (tertiary/aromatic N) is 2. The molecule has 0 unspecified atom stereocenters. The number of hydrogen-bond donors (Lipinski definition) is 0. The second-order valence-electron chi connectivity index (χ2n) is 7.68. The van der Waals surface area contributed by atoms with Gasteiger partial charge in [0.25, 0.3) is 0 Å². The van der Waals surface area contributed by atoms with Crippen LogP contribution in [0.2, 0.25) is 0 Å². The van der Waals surface area contributed by atoms with Gasteiger partial charge in [-0.2, -0.15) is 5.10 Å². The summed E-state index contributed by atoms with van der Waals surface area (Å²) in [4.78, 5) is 0. The van der Waals surface area contributed by atoms with Gasteiger partial charge < -0.3 is 0 Å². The quantitative estimate of drug-likeness (QED) is 0.532. The normalized spacial score (nSPS) is 11.6. The number of hydrogen-bond acceptors (Lipinski definition) is 1. The fourth-order valence-electron chi connectivity index (χ4n) is 4.41. The van der Waals surface area contributed by atoms with Crippen LogP contribution < -0.4 is 0 Å². The second kappa shape index (κ2) is 5.72.